The third-order valence-electron chi connectivity index (χ3n) is 5.06. The first-order valence-electron chi connectivity index (χ1n) is 10.5. The van der Waals surface area contributed by atoms with Crippen molar-refractivity contribution in [2.75, 3.05) is 6.61 Å². The number of aromatic nitrogens is 1. The van der Waals surface area contributed by atoms with E-state index in [-0.39, 0.29) is 17.9 Å². The van der Waals surface area contributed by atoms with Gasteiger partial charge >= 0.3 is 0 Å². The van der Waals surface area contributed by atoms with Crippen LogP contribution in [0.25, 0.3) is 0 Å². The third-order valence-corrected chi connectivity index (χ3v) is 5.06. The molecule has 1 aliphatic rings. The van der Waals surface area contributed by atoms with Gasteiger partial charge in [-0.25, -0.2) is 0 Å². The molecule has 0 radical (unpaired) electrons. The van der Waals surface area contributed by atoms with E-state index >= 15 is 0 Å². The van der Waals surface area contributed by atoms with E-state index in [9.17, 15) is 14.7 Å². The Kier molecular flexibility index (Phi) is 6.48. The third kappa shape index (κ3) is 4.95. The molecule has 1 N–H and O–H groups in total. The van der Waals surface area contributed by atoms with Gasteiger partial charge in [-0.2, -0.15) is 0 Å². The Bertz CT molecular complexity index is 990. The first-order chi connectivity index (χ1) is 14.6. The topological polar surface area (TPSA) is 79.7 Å². The molecule has 0 saturated heterocycles. The van der Waals surface area contributed by atoms with Gasteiger partial charge in [0.2, 0.25) is 0 Å². The smallest absolute Gasteiger partial charge is 0.290 e. The molecule has 6 nitrogen and oxygen atoms in total. The molecular weight excluding hydrogens is 392 g/mol. The Balaban J connectivity index is 2.06. The van der Waals surface area contributed by atoms with Gasteiger partial charge in [0.1, 0.15) is 5.75 Å². The monoisotopic (exact) mass is 422 g/mol. The molecule has 1 aromatic heterocycles. The van der Waals surface area contributed by atoms with Gasteiger partial charge in [0.15, 0.2) is 11.5 Å². The molecule has 6 heteroatoms. The van der Waals surface area contributed by atoms with Gasteiger partial charge in [0.05, 0.1) is 18.2 Å². The highest BCUT2D eigenvalue weighted by Crippen LogP contribution is 2.42. The summed E-state index contributed by atoms with van der Waals surface area (Å²) >= 11 is 0. The summed E-state index contributed by atoms with van der Waals surface area (Å²) < 4.78 is 5.86. The zero-order valence-corrected chi connectivity index (χ0v) is 18.8. The molecule has 3 rings (SSSR count). The number of aliphatic hydroxyl groups excluding tert-OH is 1. The van der Waals surface area contributed by atoms with Crippen molar-refractivity contribution in [3.05, 3.63) is 71.3 Å². The van der Waals surface area contributed by atoms with Gasteiger partial charge < -0.3 is 14.7 Å². The number of pyridine rings is 1. The molecule has 0 spiro atoms. The summed E-state index contributed by atoms with van der Waals surface area (Å²) in [6.45, 7) is 10.3. The minimum atomic E-state index is -0.752. The summed E-state index contributed by atoms with van der Waals surface area (Å²) in [5.41, 5.74) is 0.903. The van der Waals surface area contributed by atoms with E-state index < -0.39 is 23.1 Å². The molecule has 1 atom stereocenters. The van der Waals surface area contributed by atoms with Crippen molar-refractivity contribution in [2.24, 2.45) is 11.3 Å². The van der Waals surface area contributed by atoms with Gasteiger partial charge in [0.25, 0.3) is 5.91 Å². The highest BCUT2D eigenvalue weighted by molar-refractivity contribution is 6.10. The lowest BCUT2D eigenvalue weighted by atomic mass is 9.82. The number of nitrogens with zero attached hydrogens (tertiary/aromatic N) is 2. The van der Waals surface area contributed by atoms with Crippen molar-refractivity contribution in [1.29, 1.82) is 0 Å². The van der Waals surface area contributed by atoms with Crippen molar-refractivity contribution < 1.29 is 19.4 Å². The SMILES string of the molecule is CC(C)COc1cccc(C2C(C(=O)C(C)(C)C)=C(O)C(=O)N2Cc2cccnc2)c1. The number of carbonyl (C=O) groups excluding carboxylic acids is 2. The Morgan fingerprint density at radius 2 is 1.97 bits per heavy atom. The number of ether oxygens (including phenoxy) is 1. The molecule has 1 aromatic carbocycles. The van der Waals surface area contributed by atoms with E-state index in [1.165, 1.54) is 4.90 Å². The average molecular weight is 423 g/mol. The van der Waals surface area contributed by atoms with Gasteiger partial charge in [-0.15, -0.1) is 0 Å². The second-order valence-electron chi connectivity index (χ2n) is 9.32. The summed E-state index contributed by atoms with van der Waals surface area (Å²) in [6.07, 6.45) is 3.33. The highest BCUT2D eigenvalue weighted by Gasteiger charge is 2.46. The Hall–Kier alpha value is -3.15. The van der Waals surface area contributed by atoms with Crippen LogP contribution in [-0.4, -0.2) is 33.3 Å². The molecule has 0 saturated carbocycles. The van der Waals surface area contributed by atoms with Gasteiger partial charge in [0, 0.05) is 24.4 Å². The van der Waals surface area contributed by atoms with E-state index in [0.717, 1.165) is 11.1 Å². The summed E-state index contributed by atoms with van der Waals surface area (Å²) in [5.74, 6) is -0.280. The fourth-order valence-electron chi connectivity index (χ4n) is 3.52. The number of Topliss-reactive ketones (excluding diaryl/α,β-unsaturated/α-hetero) is 1. The normalized spacial score (nSPS) is 16.9. The maximum absolute atomic E-state index is 13.3. The summed E-state index contributed by atoms with van der Waals surface area (Å²) in [5, 5.41) is 10.7. The Morgan fingerprint density at radius 3 is 2.58 bits per heavy atom. The molecule has 0 fully saturated rings. The van der Waals surface area contributed by atoms with E-state index in [0.29, 0.717) is 18.3 Å². The number of hydrogen-bond donors (Lipinski definition) is 1. The van der Waals surface area contributed by atoms with Crippen molar-refractivity contribution in [3.63, 3.8) is 0 Å². The van der Waals surface area contributed by atoms with Gasteiger partial charge in [-0.05, 0) is 35.2 Å². The Morgan fingerprint density at radius 1 is 1.23 bits per heavy atom. The molecule has 0 aliphatic carbocycles. The number of amides is 1. The molecule has 1 unspecified atom stereocenters. The van der Waals surface area contributed by atoms with E-state index in [4.69, 9.17) is 4.74 Å². The van der Waals surface area contributed by atoms with Crippen LogP contribution in [0.15, 0.2) is 60.1 Å². The largest absolute Gasteiger partial charge is 0.503 e. The lowest BCUT2D eigenvalue weighted by Gasteiger charge is -2.29. The lowest BCUT2D eigenvalue weighted by Crippen LogP contribution is -2.32. The standard InChI is InChI=1S/C25H30N2O4/c1-16(2)15-31-19-10-6-9-18(12-19)21-20(23(29)25(3,4)5)22(28)24(30)27(21)14-17-8-7-11-26-13-17/h6-13,16,21,28H,14-15H2,1-5H3. The van der Waals surface area contributed by atoms with Crippen LogP contribution >= 0.6 is 0 Å². The number of aliphatic hydroxyl groups is 1. The van der Waals surface area contributed by atoms with Crippen LogP contribution < -0.4 is 4.74 Å². The van der Waals surface area contributed by atoms with Crippen molar-refractivity contribution in [1.82, 2.24) is 9.88 Å². The number of hydrogen-bond acceptors (Lipinski definition) is 5. The summed E-state index contributed by atoms with van der Waals surface area (Å²) in [4.78, 5) is 32.0. The van der Waals surface area contributed by atoms with E-state index in [1.807, 2.05) is 30.3 Å². The predicted octanol–water partition coefficient (Wildman–Crippen LogP) is 4.63. The van der Waals surface area contributed by atoms with Crippen molar-refractivity contribution in [3.8, 4) is 5.75 Å². The van der Waals surface area contributed by atoms with Gasteiger partial charge in [-0.1, -0.05) is 52.8 Å². The first kappa shape index (κ1) is 22.5. The van der Waals surface area contributed by atoms with Crippen LogP contribution in [0.4, 0.5) is 0 Å². The van der Waals surface area contributed by atoms with Crippen molar-refractivity contribution >= 4 is 11.7 Å². The maximum Gasteiger partial charge on any atom is 0.290 e. The molecule has 0 bridgehead atoms. The van der Waals surface area contributed by atoms with Crippen LogP contribution in [-0.2, 0) is 16.1 Å². The number of carbonyl (C=O) groups is 2. The average Bonchev–Trinajstić information content (AvgIpc) is 2.97. The quantitative estimate of drug-likeness (QED) is 0.704. The molecule has 1 aliphatic heterocycles. The molecule has 1 amide bonds. The second-order valence-corrected chi connectivity index (χ2v) is 9.32. The van der Waals surface area contributed by atoms with Gasteiger partial charge in [-0.3, -0.25) is 14.6 Å². The van der Waals surface area contributed by atoms with E-state index in [2.05, 4.69) is 18.8 Å². The predicted molar refractivity (Wildman–Crippen MR) is 118 cm³/mol. The minimum Gasteiger partial charge on any atom is -0.503 e. The zero-order chi connectivity index (χ0) is 22.8. The summed E-state index contributed by atoms with van der Waals surface area (Å²) in [6, 6.07) is 10.3. The molecule has 31 heavy (non-hydrogen) atoms. The van der Waals surface area contributed by atoms with Crippen LogP contribution in [0.3, 0.4) is 0 Å². The van der Waals surface area contributed by atoms with Crippen LogP contribution in [0.5, 0.6) is 5.75 Å². The lowest BCUT2D eigenvalue weighted by molar-refractivity contribution is -0.130. The second kappa shape index (κ2) is 8.92. The highest BCUT2D eigenvalue weighted by atomic mass is 16.5. The fourth-order valence-corrected chi connectivity index (χ4v) is 3.52. The number of rotatable bonds is 7. The van der Waals surface area contributed by atoms with Crippen molar-refractivity contribution in [2.45, 2.75) is 47.2 Å². The summed E-state index contributed by atoms with van der Waals surface area (Å²) in [7, 11) is 0. The Labute approximate surface area is 183 Å². The maximum atomic E-state index is 13.3. The molecule has 164 valence electrons. The first-order valence-corrected chi connectivity index (χ1v) is 10.5. The van der Waals surface area contributed by atoms with E-state index in [1.54, 1.807) is 39.2 Å². The molecule has 2 aromatic rings. The minimum absolute atomic E-state index is 0.127. The van der Waals surface area contributed by atoms with Crippen LogP contribution in [0.1, 0.15) is 51.8 Å². The fraction of sp³-hybridized carbons (Fsp3) is 0.400. The molecular formula is C25H30N2O4. The molecule has 2 heterocycles. The number of ketones is 1. The zero-order valence-electron chi connectivity index (χ0n) is 18.8. The van der Waals surface area contributed by atoms with Crippen LogP contribution in [0, 0.1) is 11.3 Å². The number of benzene rings is 1. The van der Waals surface area contributed by atoms with Crippen LogP contribution in [0.2, 0.25) is 0 Å².